The Morgan fingerprint density at radius 1 is 1.03 bits per heavy atom. The number of anilines is 2. The van der Waals surface area contributed by atoms with Crippen LogP contribution in [0.4, 0.5) is 11.4 Å². The number of carbonyl (C=O) groups excluding carboxylic acids is 2. The molecule has 31 heavy (non-hydrogen) atoms. The van der Waals surface area contributed by atoms with E-state index in [4.69, 9.17) is 0 Å². The minimum absolute atomic E-state index is 0.0340. The topological polar surface area (TPSA) is 55.9 Å². The van der Waals surface area contributed by atoms with E-state index in [0.29, 0.717) is 18.0 Å². The number of hydrogen-bond acceptors (Lipinski definition) is 5. The first kappa shape index (κ1) is 24.9. The van der Waals surface area contributed by atoms with Crippen LogP contribution in [0.1, 0.15) is 41.9 Å². The van der Waals surface area contributed by atoms with Gasteiger partial charge in [-0.15, -0.1) is 11.3 Å². The highest BCUT2D eigenvalue weighted by Crippen LogP contribution is 2.26. The summed E-state index contributed by atoms with van der Waals surface area (Å²) in [6, 6.07) is 9.59. The molecule has 6 nitrogen and oxygen atoms in total. The summed E-state index contributed by atoms with van der Waals surface area (Å²) >= 11 is 1.42. The van der Waals surface area contributed by atoms with E-state index in [1.807, 2.05) is 73.7 Å². The summed E-state index contributed by atoms with van der Waals surface area (Å²) in [6.07, 6.45) is 1.68. The number of amides is 2. The highest BCUT2D eigenvalue weighted by molar-refractivity contribution is 7.12. The second-order valence-electron chi connectivity index (χ2n) is 8.25. The maximum absolute atomic E-state index is 13.2. The summed E-state index contributed by atoms with van der Waals surface area (Å²) in [5.74, 6) is 0.118. The Bertz CT molecular complexity index is 845. The summed E-state index contributed by atoms with van der Waals surface area (Å²) < 4.78 is 0. The summed E-state index contributed by atoms with van der Waals surface area (Å²) in [7, 11) is 8.03. The molecular formula is C24H36N4O2S. The van der Waals surface area contributed by atoms with Crippen LogP contribution in [0.2, 0.25) is 0 Å². The van der Waals surface area contributed by atoms with Crippen LogP contribution in [0.3, 0.4) is 0 Å². The Morgan fingerprint density at radius 2 is 1.74 bits per heavy atom. The van der Waals surface area contributed by atoms with Gasteiger partial charge in [-0.25, -0.2) is 0 Å². The summed E-state index contributed by atoms with van der Waals surface area (Å²) in [5, 5.41) is 4.88. The van der Waals surface area contributed by atoms with Gasteiger partial charge in [-0.3, -0.25) is 9.59 Å². The van der Waals surface area contributed by atoms with Crippen molar-refractivity contribution in [3.05, 3.63) is 46.2 Å². The van der Waals surface area contributed by atoms with Crippen LogP contribution in [0.5, 0.6) is 0 Å². The molecule has 1 heterocycles. The average molecular weight is 445 g/mol. The summed E-state index contributed by atoms with van der Waals surface area (Å²) in [4.78, 5) is 32.5. The number of nitrogens with one attached hydrogen (secondary N) is 1. The molecule has 0 spiro atoms. The van der Waals surface area contributed by atoms with Gasteiger partial charge in [0.05, 0.1) is 4.88 Å². The van der Waals surface area contributed by atoms with Gasteiger partial charge in [-0.2, -0.15) is 0 Å². The van der Waals surface area contributed by atoms with Crippen molar-refractivity contribution < 1.29 is 9.59 Å². The van der Waals surface area contributed by atoms with Crippen molar-refractivity contribution in [2.75, 3.05) is 51.5 Å². The molecule has 170 valence electrons. The van der Waals surface area contributed by atoms with Crippen LogP contribution in [-0.2, 0) is 11.3 Å². The molecule has 1 aromatic heterocycles. The van der Waals surface area contributed by atoms with Gasteiger partial charge in [0.25, 0.3) is 5.91 Å². The van der Waals surface area contributed by atoms with E-state index in [9.17, 15) is 9.59 Å². The molecule has 2 rings (SSSR count). The Hall–Kier alpha value is -2.38. The highest BCUT2D eigenvalue weighted by Gasteiger charge is 2.23. The lowest BCUT2D eigenvalue weighted by Crippen LogP contribution is -2.39. The van der Waals surface area contributed by atoms with Crippen LogP contribution >= 0.6 is 11.3 Å². The smallest absolute Gasteiger partial charge is 0.265 e. The number of hydrogen-bond donors (Lipinski definition) is 1. The summed E-state index contributed by atoms with van der Waals surface area (Å²) in [6.45, 7) is 6.13. The Balaban J connectivity index is 2.31. The molecule has 7 heteroatoms. The molecule has 0 unspecified atom stereocenters. The van der Waals surface area contributed by atoms with Gasteiger partial charge in [0, 0.05) is 51.0 Å². The fraction of sp³-hybridized carbons (Fsp3) is 0.500. The monoisotopic (exact) mass is 444 g/mol. The molecule has 0 fully saturated rings. The normalized spacial score (nSPS) is 11.1. The first-order valence-electron chi connectivity index (χ1n) is 10.8. The van der Waals surface area contributed by atoms with Crippen LogP contribution in [-0.4, -0.2) is 62.9 Å². The molecule has 1 aromatic carbocycles. The third kappa shape index (κ3) is 7.08. The fourth-order valence-electron chi connectivity index (χ4n) is 3.52. The van der Waals surface area contributed by atoms with Crippen molar-refractivity contribution in [1.82, 2.24) is 9.80 Å². The third-order valence-electron chi connectivity index (χ3n) is 5.39. The first-order valence-corrected chi connectivity index (χ1v) is 11.7. The van der Waals surface area contributed by atoms with Gasteiger partial charge in [0.2, 0.25) is 5.91 Å². The minimum Gasteiger partial charge on any atom is -0.377 e. The van der Waals surface area contributed by atoms with Crippen molar-refractivity contribution in [2.45, 2.75) is 33.2 Å². The second-order valence-corrected chi connectivity index (χ2v) is 9.19. The largest absolute Gasteiger partial charge is 0.377 e. The van der Waals surface area contributed by atoms with Crippen LogP contribution in [0.15, 0.2) is 35.7 Å². The van der Waals surface area contributed by atoms with Gasteiger partial charge < -0.3 is 20.0 Å². The Morgan fingerprint density at radius 3 is 2.29 bits per heavy atom. The van der Waals surface area contributed by atoms with E-state index in [1.54, 1.807) is 0 Å². The molecule has 0 radical (unpaired) electrons. The quantitative estimate of drug-likeness (QED) is 0.558. The first-order chi connectivity index (χ1) is 14.8. The van der Waals surface area contributed by atoms with Gasteiger partial charge in [-0.05, 0) is 62.1 Å². The Labute approximate surface area is 190 Å². The number of carbonyl (C=O) groups is 2. The molecule has 0 bridgehead atoms. The zero-order chi connectivity index (χ0) is 23.0. The lowest BCUT2D eigenvalue weighted by Gasteiger charge is -2.30. The lowest BCUT2D eigenvalue weighted by atomic mass is 10.0. The van der Waals surface area contributed by atoms with Crippen molar-refractivity contribution in [2.24, 2.45) is 5.92 Å². The van der Waals surface area contributed by atoms with Gasteiger partial charge in [0.1, 0.15) is 0 Å². The molecule has 1 N–H and O–H groups in total. The molecular weight excluding hydrogens is 408 g/mol. The predicted molar refractivity (Wildman–Crippen MR) is 131 cm³/mol. The average Bonchev–Trinajstić information content (AvgIpc) is 3.26. The maximum Gasteiger partial charge on any atom is 0.265 e. The fourth-order valence-corrected chi connectivity index (χ4v) is 4.14. The van der Waals surface area contributed by atoms with E-state index in [-0.39, 0.29) is 17.7 Å². The molecule has 0 aliphatic heterocycles. The molecule has 2 amide bonds. The molecule has 0 aliphatic rings. The van der Waals surface area contributed by atoms with Crippen molar-refractivity contribution in [1.29, 1.82) is 0 Å². The SMILES string of the molecule is CCC(CC)C(=O)N(CCN(C)C)Cc1cc(NC(=O)c2cccs2)ccc1N(C)C. The van der Waals surface area contributed by atoms with Gasteiger partial charge >= 0.3 is 0 Å². The van der Waals surface area contributed by atoms with Gasteiger partial charge in [0.15, 0.2) is 0 Å². The van der Waals surface area contributed by atoms with E-state index in [2.05, 4.69) is 24.1 Å². The zero-order valence-electron chi connectivity index (χ0n) is 19.6. The summed E-state index contributed by atoms with van der Waals surface area (Å²) in [5.41, 5.74) is 2.80. The number of benzene rings is 1. The third-order valence-corrected chi connectivity index (χ3v) is 6.26. The minimum atomic E-state index is -0.115. The maximum atomic E-state index is 13.2. The molecule has 0 aliphatic carbocycles. The van der Waals surface area contributed by atoms with E-state index in [1.165, 1.54) is 11.3 Å². The van der Waals surface area contributed by atoms with E-state index < -0.39 is 0 Å². The van der Waals surface area contributed by atoms with Crippen LogP contribution in [0, 0.1) is 5.92 Å². The standard InChI is InChI=1S/C24H36N4O2S/c1-7-18(8-2)24(30)28(14-13-26(3)4)17-19-16-20(11-12-21(19)27(5)6)25-23(29)22-10-9-15-31-22/h9-12,15-16,18H,7-8,13-14,17H2,1-6H3,(H,25,29). The van der Waals surface area contributed by atoms with Gasteiger partial charge in [-0.1, -0.05) is 19.9 Å². The predicted octanol–water partition coefficient (Wildman–Crippen LogP) is 4.39. The number of thiophene rings is 1. The van der Waals surface area contributed by atoms with Crippen LogP contribution < -0.4 is 10.2 Å². The molecule has 0 atom stereocenters. The Kier molecular flexibility index (Phi) is 9.52. The number of rotatable bonds is 11. The molecule has 0 saturated heterocycles. The lowest BCUT2D eigenvalue weighted by molar-refractivity contribution is -0.136. The second kappa shape index (κ2) is 11.9. The highest BCUT2D eigenvalue weighted by atomic mass is 32.1. The van der Waals surface area contributed by atoms with Crippen molar-refractivity contribution in [3.63, 3.8) is 0 Å². The van der Waals surface area contributed by atoms with Crippen LogP contribution in [0.25, 0.3) is 0 Å². The zero-order valence-corrected chi connectivity index (χ0v) is 20.5. The molecule has 2 aromatic rings. The number of nitrogens with zero attached hydrogens (tertiary/aromatic N) is 3. The van der Waals surface area contributed by atoms with Crippen molar-refractivity contribution in [3.8, 4) is 0 Å². The molecule has 0 saturated carbocycles. The van der Waals surface area contributed by atoms with E-state index in [0.717, 1.165) is 36.3 Å². The van der Waals surface area contributed by atoms with E-state index >= 15 is 0 Å². The van der Waals surface area contributed by atoms with Crippen molar-refractivity contribution >= 4 is 34.5 Å². The number of likely N-dealkylation sites (N-methyl/N-ethyl adjacent to an activating group) is 1.